The van der Waals surface area contributed by atoms with Crippen LogP contribution in [0.5, 0.6) is 0 Å². The van der Waals surface area contributed by atoms with Crippen LogP contribution in [0.3, 0.4) is 0 Å². The zero-order valence-corrected chi connectivity index (χ0v) is 14.7. The Morgan fingerprint density at radius 2 is 1.78 bits per heavy atom. The van der Waals surface area contributed by atoms with Crippen LogP contribution in [0.4, 0.5) is 4.79 Å². The molecule has 1 aliphatic rings. The van der Waals surface area contributed by atoms with E-state index in [0.29, 0.717) is 37.7 Å². The van der Waals surface area contributed by atoms with Crippen molar-refractivity contribution in [2.45, 2.75) is 24.7 Å². The maximum absolute atomic E-state index is 12.5. The van der Waals surface area contributed by atoms with Gasteiger partial charge in [0.2, 0.25) is 10.0 Å². The lowest BCUT2D eigenvalue weighted by Crippen LogP contribution is -2.53. The highest BCUT2D eigenvalue weighted by Gasteiger charge is 2.29. The summed E-state index contributed by atoms with van der Waals surface area (Å²) in [4.78, 5) is 13.8. The standard InChI is InChI=1S/C15H22ClN3O3S/c1-2-3-8-17-15(20)18-9-11-19(12-10-18)23(21,22)14-6-4-13(16)5-7-14/h4-7H,2-3,8-12H2,1H3,(H,17,20). The molecule has 2 rings (SSSR count). The number of amides is 2. The van der Waals surface area contributed by atoms with E-state index in [1.165, 1.54) is 16.4 Å². The number of hydrogen-bond acceptors (Lipinski definition) is 3. The minimum absolute atomic E-state index is 0.123. The molecule has 0 aliphatic carbocycles. The number of carbonyl (C=O) groups excluding carboxylic acids is 1. The predicted molar refractivity (Wildman–Crippen MR) is 90.1 cm³/mol. The fraction of sp³-hybridized carbons (Fsp3) is 0.533. The third-order valence-corrected chi connectivity index (χ3v) is 5.95. The van der Waals surface area contributed by atoms with Gasteiger partial charge < -0.3 is 10.2 Å². The van der Waals surface area contributed by atoms with Gasteiger partial charge in [-0.05, 0) is 30.7 Å². The van der Waals surface area contributed by atoms with Crippen LogP contribution in [0.25, 0.3) is 0 Å². The highest BCUT2D eigenvalue weighted by atomic mass is 35.5. The zero-order chi connectivity index (χ0) is 16.9. The van der Waals surface area contributed by atoms with E-state index in [-0.39, 0.29) is 10.9 Å². The van der Waals surface area contributed by atoms with Crippen molar-refractivity contribution in [3.05, 3.63) is 29.3 Å². The SMILES string of the molecule is CCCCNC(=O)N1CCN(S(=O)(=O)c2ccc(Cl)cc2)CC1. The van der Waals surface area contributed by atoms with Crippen molar-refractivity contribution in [3.8, 4) is 0 Å². The van der Waals surface area contributed by atoms with E-state index in [4.69, 9.17) is 11.6 Å². The second-order valence-corrected chi connectivity index (χ2v) is 7.80. The molecular formula is C15H22ClN3O3S. The van der Waals surface area contributed by atoms with Gasteiger partial charge in [-0.25, -0.2) is 13.2 Å². The molecule has 0 aromatic heterocycles. The number of nitrogens with one attached hydrogen (secondary N) is 1. The van der Waals surface area contributed by atoms with E-state index in [9.17, 15) is 13.2 Å². The fourth-order valence-electron chi connectivity index (χ4n) is 2.37. The Hall–Kier alpha value is -1.31. The number of carbonyl (C=O) groups is 1. The second-order valence-electron chi connectivity index (χ2n) is 5.43. The molecule has 0 spiro atoms. The number of urea groups is 1. The van der Waals surface area contributed by atoms with Gasteiger partial charge in [-0.3, -0.25) is 0 Å². The van der Waals surface area contributed by atoms with E-state index >= 15 is 0 Å². The molecule has 1 saturated heterocycles. The first-order valence-corrected chi connectivity index (χ1v) is 9.55. The van der Waals surface area contributed by atoms with Crippen molar-refractivity contribution in [1.29, 1.82) is 0 Å². The van der Waals surface area contributed by atoms with Crippen molar-refractivity contribution >= 4 is 27.7 Å². The summed E-state index contributed by atoms with van der Waals surface area (Å²) in [6, 6.07) is 6.00. The maximum Gasteiger partial charge on any atom is 0.317 e. The molecule has 6 nitrogen and oxygen atoms in total. The van der Waals surface area contributed by atoms with Crippen LogP contribution >= 0.6 is 11.6 Å². The number of unbranched alkanes of at least 4 members (excludes halogenated alkanes) is 1. The van der Waals surface area contributed by atoms with E-state index < -0.39 is 10.0 Å². The lowest BCUT2D eigenvalue weighted by atomic mass is 10.3. The van der Waals surface area contributed by atoms with Crippen LogP contribution < -0.4 is 5.32 Å². The van der Waals surface area contributed by atoms with Crippen molar-refractivity contribution in [2.75, 3.05) is 32.7 Å². The summed E-state index contributed by atoms with van der Waals surface area (Å²) in [6.07, 6.45) is 1.96. The van der Waals surface area contributed by atoms with E-state index in [1.54, 1.807) is 17.0 Å². The molecule has 1 N–H and O–H groups in total. The molecule has 23 heavy (non-hydrogen) atoms. The number of nitrogens with zero attached hydrogens (tertiary/aromatic N) is 2. The van der Waals surface area contributed by atoms with E-state index in [0.717, 1.165) is 12.8 Å². The summed E-state index contributed by atoms with van der Waals surface area (Å²) < 4.78 is 26.5. The molecule has 1 aliphatic heterocycles. The van der Waals surface area contributed by atoms with Gasteiger partial charge in [0.05, 0.1) is 4.90 Å². The lowest BCUT2D eigenvalue weighted by Gasteiger charge is -2.34. The van der Waals surface area contributed by atoms with Crippen molar-refractivity contribution in [3.63, 3.8) is 0 Å². The number of hydrogen-bond donors (Lipinski definition) is 1. The van der Waals surface area contributed by atoms with Crippen LogP contribution in [-0.2, 0) is 10.0 Å². The average Bonchev–Trinajstić information content (AvgIpc) is 2.55. The first kappa shape index (κ1) is 18.0. The molecule has 1 fully saturated rings. The van der Waals surface area contributed by atoms with Crippen molar-refractivity contribution in [1.82, 2.24) is 14.5 Å². The quantitative estimate of drug-likeness (QED) is 0.819. The normalized spacial score (nSPS) is 16.3. The summed E-state index contributed by atoms with van der Waals surface area (Å²) in [7, 11) is -3.53. The molecule has 128 valence electrons. The van der Waals surface area contributed by atoms with Gasteiger partial charge in [0, 0.05) is 37.7 Å². The minimum Gasteiger partial charge on any atom is -0.338 e. The molecule has 1 heterocycles. The third kappa shape index (κ3) is 4.59. The first-order valence-electron chi connectivity index (χ1n) is 7.73. The van der Waals surface area contributed by atoms with Crippen molar-refractivity contribution < 1.29 is 13.2 Å². The third-order valence-electron chi connectivity index (χ3n) is 3.78. The summed E-state index contributed by atoms with van der Waals surface area (Å²) in [6.45, 7) is 4.10. The van der Waals surface area contributed by atoms with Crippen molar-refractivity contribution in [2.24, 2.45) is 0 Å². The van der Waals surface area contributed by atoms with Crippen LogP contribution in [0.1, 0.15) is 19.8 Å². The molecule has 0 saturated carbocycles. The monoisotopic (exact) mass is 359 g/mol. The zero-order valence-electron chi connectivity index (χ0n) is 13.2. The average molecular weight is 360 g/mol. The predicted octanol–water partition coefficient (Wildman–Crippen LogP) is 2.16. The van der Waals surface area contributed by atoms with Crippen LogP contribution in [0.2, 0.25) is 5.02 Å². The lowest BCUT2D eigenvalue weighted by molar-refractivity contribution is 0.172. The molecule has 0 atom stereocenters. The first-order chi connectivity index (χ1) is 10.9. The largest absolute Gasteiger partial charge is 0.338 e. The Kier molecular flexibility index (Phi) is 6.26. The van der Waals surface area contributed by atoms with Gasteiger partial charge in [0.15, 0.2) is 0 Å². The second kappa shape index (κ2) is 7.99. The molecule has 1 aromatic rings. The smallest absolute Gasteiger partial charge is 0.317 e. The van der Waals surface area contributed by atoms with Gasteiger partial charge in [0.1, 0.15) is 0 Å². The Bertz CT molecular complexity index is 626. The van der Waals surface area contributed by atoms with Gasteiger partial charge in [0.25, 0.3) is 0 Å². The molecule has 0 radical (unpaired) electrons. The Labute approximate surface area is 142 Å². The number of piperazine rings is 1. The number of rotatable bonds is 5. The van der Waals surface area contributed by atoms with Gasteiger partial charge in [-0.2, -0.15) is 4.31 Å². The van der Waals surface area contributed by atoms with Gasteiger partial charge in [-0.15, -0.1) is 0 Å². The van der Waals surface area contributed by atoms with Crippen LogP contribution in [0, 0.1) is 0 Å². The van der Waals surface area contributed by atoms with Gasteiger partial charge >= 0.3 is 6.03 Å². The fourth-order valence-corrected chi connectivity index (χ4v) is 3.92. The molecule has 8 heteroatoms. The number of benzene rings is 1. The Morgan fingerprint density at radius 3 is 2.35 bits per heavy atom. The highest BCUT2D eigenvalue weighted by Crippen LogP contribution is 2.19. The van der Waals surface area contributed by atoms with E-state index in [1.807, 2.05) is 0 Å². The molecule has 0 unspecified atom stereocenters. The summed E-state index contributed by atoms with van der Waals surface area (Å²) >= 11 is 5.79. The topological polar surface area (TPSA) is 69.7 Å². The molecular weight excluding hydrogens is 338 g/mol. The summed E-state index contributed by atoms with van der Waals surface area (Å²) in [5, 5.41) is 3.35. The Balaban J connectivity index is 1.93. The molecule has 1 aromatic carbocycles. The highest BCUT2D eigenvalue weighted by molar-refractivity contribution is 7.89. The maximum atomic E-state index is 12.5. The number of sulfonamides is 1. The molecule has 2 amide bonds. The Morgan fingerprint density at radius 1 is 1.17 bits per heavy atom. The van der Waals surface area contributed by atoms with Crippen LogP contribution in [0.15, 0.2) is 29.2 Å². The molecule has 0 bridgehead atoms. The van der Waals surface area contributed by atoms with E-state index in [2.05, 4.69) is 12.2 Å². The minimum atomic E-state index is -3.53. The number of halogens is 1. The summed E-state index contributed by atoms with van der Waals surface area (Å²) in [5.74, 6) is 0. The van der Waals surface area contributed by atoms with Crippen LogP contribution in [-0.4, -0.2) is 56.4 Å². The van der Waals surface area contributed by atoms with Gasteiger partial charge in [-0.1, -0.05) is 24.9 Å². The summed E-state index contributed by atoms with van der Waals surface area (Å²) in [5.41, 5.74) is 0.